The van der Waals surface area contributed by atoms with Gasteiger partial charge in [-0.3, -0.25) is 14.3 Å². The summed E-state index contributed by atoms with van der Waals surface area (Å²) in [6.45, 7) is 1.79. The second kappa shape index (κ2) is 8.49. The molecule has 2 aliphatic heterocycles. The minimum Gasteiger partial charge on any atom is -0.360 e. The van der Waals surface area contributed by atoms with Crippen LogP contribution in [0.15, 0.2) is 58.4 Å². The van der Waals surface area contributed by atoms with E-state index < -0.39 is 33.0 Å². The van der Waals surface area contributed by atoms with E-state index >= 15 is 0 Å². The molecule has 2 N–H and O–H groups in total. The van der Waals surface area contributed by atoms with Crippen molar-refractivity contribution in [2.45, 2.75) is 23.5 Å². The standard InChI is InChI=1S/C23H22FN3O6S/c24-18-3-1-2-4-20(18)26-34(30,31)15-5-6-19-16(13-15)21(28)17(14-25-19)22(29)27-9-7-23(8-10-27)32-11-12-33-23/h1-6,13-14,26H,7-12H2,(H,25,28). The Morgan fingerprint density at radius 3 is 2.50 bits per heavy atom. The maximum Gasteiger partial charge on any atom is 0.262 e. The quantitative estimate of drug-likeness (QED) is 0.584. The third kappa shape index (κ3) is 4.06. The summed E-state index contributed by atoms with van der Waals surface area (Å²) in [4.78, 5) is 30.5. The van der Waals surface area contributed by atoms with Gasteiger partial charge in [0, 0.05) is 43.0 Å². The number of sulfonamides is 1. The molecule has 9 nitrogen and oxygen atoms in total. The molecular weight excluding hydrogens is 465 g/mol. The molecule has 2 aromatic carbocycles. The number of anilines is 1. The molecule has 0 unspecified atom stereocenters. The number of H-pyrrole nitrogens is 1. The van der Waals surface area contributed by atoms with Gasteiger partial charge in [0.05, 0.1) is 23.8 Å². The van der Waals surface area contributed by atoms with Crippen LogP contribution in [0.5, 0.6) is 0 Å². The molecule has 0 saturated carbocycles. The number of para-hydroxylation sites is 1. The second-order valence-corrected chi connectivity index (χ2v) is 9.91. The van der Waals surface area contributed by atoms with Gasteiger partial charge < -0.3 is 19.4 Å². The lowest BCUT2D eigenvalue weighted by molar-refractivity contribution is -0.181. The van der Waals surface area contributed by atoms with Crippen molar-refractivity contribution in [3.63, 3.8) is 0 Å². The van der Waals surface area contributed by atoms with Crippen molar-refractivity contribution in [2.75, 3.05) is 31.0 Å². The smallest absolute Gasteiger partial charge is 0.262 e. The van der Waals surface area contributed by atoms with Crippen LogP contribution in [0.4, 0.5) is 10.1 Å². The van der Waals surface area contributed by atoms with Gasteiger partial charge in [-0.05, 0) is 30.3 Å². The number of carbonyl (C=O) groups excluding carboxylic acids is 1. The number of benzene rings is 2. The normalized spacial score (nSPS) is 17.9. The number of likely N-dealkylation sites (tertiary alicyclic amines) is 1. The topological polar surface area (TPSA) is 118 Å². The number of rotatable bonds is 4. The minimum atomic E-state index is -4.18. The molecule has 178 valence electrons. The first-order valence-corrected chi connectivity index (χ1v) is 12.3. The Balaban J connectivity index is 1.43. The van der Waals surface area contributed by atoms with Gasteiger partial charge in [0.2, 0.25) is 5.43 Å². The van der Waals surface area contributed by atoms with Gasteiger partial charge in [-0.1, -0.05) is 12.1 Å². The summed E-state index contributed by atoms with van der Waals surface area (Å²) < 4.78 is 53.1. The first-order valence-electron chi connectivity index (χ1n) is 10.8. The molecule has 2 fully saturated rings. The molecule has 0 bridgehead atoms. The molecule has 0 aliphatic carbocycles. The number of nitrogens with zero attached hydrogens (tertiary/aromatic N) is 1. The van der Waals surface area contributed by atoms with E-state index in [0.29, 0.717) is 44.7 Å². The number of aromatic nitrogens is 1. The fourth-order valence-corrected chi connectivity index (χ4v) is 5.37. The monoisotopic (exact) mass is 487 g/mol. The molecule has 3 heterocycles. The van der Waals surface area contributed by atoms with Crippen LogP contribution in [0.3, 0.4) is 0 Å². The number of hydrogen-bond acceptors (Lipinski definition) is 6. The first-order chi connectivity index (χ1) is 16.3. The fourth-order valence-electron chi connectivity index (χ4n) is 4.28. The van der Waals surface area contributed by atoms with Gasteiger partial charge >= 0.3 is 0 Å². The number of aromatic amines is 1. The van der Waals surface area contributed by atoms with Gasteiger partial charge in [-0.2, -0.15) is 0 Å². The van der Waals surface area contributed by atoms with Crippen LogP contribution in [-0.2, 0) is 19.5 Å². The lowest BCUT2D eigenvalue weighted by atomic mass is 10.0. The van der Waals surface area contributed by atoms with Crippen molar-refractivity contribution in [1.82, 2.24) is 9.88 Å². The molecule has 1 amide bonds. The first kappa shape index (κ1) is 22.5. The molecule has 1 aromatic heterocycles. The summed E-state index contributed by atoms with van der Waals surface area (Å²) in [6, 6.07) is 9.28. The Morgan fingerprint density at radius 2 is 1.79 bits per heavy atom. The molecule has 1 spiro atoms. The summed E-state index contributed by atoms with van der Waals surface area (Å²) >= 11 is 0. The Kier molecular flexibility index (Phi) is 5.62. The summed E-state index contributed by atoms with van der Waals surface area (Å²) in [7, 11) is -4.18. The highest BCUT2D eigenvalue weighted by atomic mass is 32.2. The molecule has 0 radical (unpaired) electrons. The van der Waals surface area contributed by atoms with Gasteiger partial charge in [-0.25, -0.2) is 12.8 Å². The summed E-state index contributed by atoms with van der Waals surface area (Å²) in [5, 5.41) is 0.0400. The maximum atomic E-state index is 13.9. The van der Waals surface area contributed by atoms with Crippen LogP contribution in [0.25, 0.3) is 10.9 Å². The van der Waals surface area contributed by atoms with E-state index in [1.54, 1.807) is 4.90 Å². The Morgan fingerprint density at radius 1 is 1.09 bits per heavy atom. The van der Waals surface area contributed by atoms with E-state index in [1.807, 2.05) is 0 Å². The number of fused-ring (bicyclic) bond motifs is 1. The molecule has 0 atom stereocenters. The number of piperidine rings is 1. The van der Waals surface area contributed by atoms with Gasteiger partial charge in [0.1, 0.15) is 11.4 Å². The highest BCUT2D eigenvalue weighted by Gasteiger charge is 2.41. The van der Waals surface area contributed by atoms with Crippen molar-refractivity contribution < 1.29 is 27.1 Å². The van der Waals surface area contributed by atoms with Gasteiger partial charge in [0.15, 0.2) is 5.79 Å². The number of amides is 1. The van der Waals surface area contributed by atoms with Gasteiger partial charge in [-0.15, -0.1) is 0 Å². The summed E-state index contributed by atoms with van der Waals surface area (Å²) in [5.74, 6) is -1.83. The average molecular weight is 488 g/mol. The molecule has 5 rings (SSSR count). The van der Waals surface area contributed by atoms with Crippen molar-refractivity contribution in [2.24, 2.45) is 0 Å². The van der Waals surface area contributed by atoms with E-state index in [2.05, 4.69) is 9.71 Å². The van der Waals surface area contributed by atoms with E-state index in [1.165, 1.54) is 42.6 Å². The van der Waals surface area contributed by atoms with Crippen molar-refractivity contribution >= 4 is 32.5 Å². The SMILES string of the molecule is O=C(c1c[nH]c2ccc(S(=O)(=O)Nc3ccccc3F)cc2c1=O)N1CCC2(CC1)OCCO2. The number of nitrogens with one attached hydrogen (secondary N) is 2. The average Bonchev–Trinajstić information content (AvgIpc) is 3.28. The van der Waals surface area contributed by atoms with E-state index in [4.69, 9.17) is 9.47 Å². The van der Waals surface area contributed by atoms with Crippen LogP contribution in [-0.4, -0.2) is 56.3 Å². The molecule has 2 saturated heterocycles. The van der Waals surface area contributed by atoms with Crippen LogP contribution in [0.1, 0.15) is 23.2 Å². The van der Waals surface area contributed by atoms with Crippen LogP contribution in [0.2, 0.25) is 0 Å². The molecule has 34 heavy (non-hydrogen) atoms. The minimum absolute atomic E-state index is 0.0400. The zero-order valence-electron chi connectivity index (χ0n) is 18.0. The largest absolute Gasteiger partial charge is 0.360 e. The van der Waals surface area contributed by atoms with E-state index in [0.717, 1.165) is 6.07 Å². The molecule has 11 heteroatoms. The number of carbonyl (C=O) groups is 1. The zero-order chi connectivity index (χ0) is 23.9. The van der Waals surface area contributed by atoms with Crippen molar-refractivity contribution in [3.8, 4) is 0 Å². The Hall–Kier alpha value is -3.28. The van der Waals surface area contributed by atoms with Crippen LogP contribution >= 0.6 is 0 Å². The number of hydrogen-bond donors (Lipinski definition) is 2. The fraction of sp³-hybridized carbons (Fsp3) is 0.304. The highest BCUT2D eigenvalue weighted by Crippen LogP contribution is 2.31. The lowest BCUT2D eigenvalue weighted by Crippen LogP contribution is -2.48. The predicted molar refractivity (Wildman–Crippen MR) is 122 cm³/mol. The van der Waals surface area contributed by atoms with Crippen molar-refractivity contribution in [3.05, 3.63) is 70.3 Å². The molecular formula is C23H22FN3O6S. The van der Waals surface area contributed by atoms with Crippen LogP contribution < -0.4 is 10.2 Å². The number of ether oxygens (including phenoxy) is 2. The summed E-state index contributed by atoms with van der Waals surface area (Å²) in [5.41, 5.74) is -0.515. The molecule has 3 aromatic rings. The molecule has 2 aliphatic rings. The maximum absolute atomic E-state index is 13.9. The number of halogens is 1. The predicted octanol–water partition coefficient (Wildman–Crippen LogP) is 2.45. The Bertz CT molecular complexity index is 1420. The summed E-state index contributed by atoms with van der Waals surface area (Å²) in [6.07, 6.45) is 2.36. The van der Waals surface area contributed by atoms with Gasteiger partial charge in [0.25, 0.3) is 15.9 Å². The van der Waals surface area contributed by atoms with E-state index in [-0.39, 0.29) is 21.5 Å². The van der Waals surface area contributed by atoms with E-state index in [9.17, 15) is 22.4 Å². The lowest BCUT2D eigenvalue weighted by Gasteiger charge is -2.37. The Labute approximate surface area is 194 Å². The third-order valence-corrected chi connectivity index (χ3v) is 7.50. The van der Waals surface area contributed by atoms with Crippen LogP contribution in [0, 0.1) is 5.82 Å². The van der Waals surface area contributed by atoms with Crippen molar-refractivity contribution in [1.29, 1.82) is 0 Å². The number of pyridine rings is 1. The second-order valence-electron chi connectivity index (χ2n) is 8.22. The third-order valence-electron chi connectivity index (χ3n) is 6.14. The highest BCUT2D eigenvalue weighted by molar-refractivity contribution is 7.92. The zero-order valence-corrected chi connectivity index (χ0v) is 18.9.